The number of rotatable bonds is 5. The molecule has 3 nitrogen and oxygen atoms in total. The lowest BCUT2D eigenvalue weighted by Crippen LogP contribution is -2.13. The molecule has 0 radical (unpaired) electrons. The molecule has 7 heteroatoms. The summed E-state index contributed by atoms with van der Waals surface area (Å²) in [6.45, 7) is 3.02. The fourth-order valence-electron chi connectivity index (χ4n) is 2.01. The van der Waals surface area contributed by atoms with Crippen molar-refractivity contribution in [1.29, 1.82) is 0 Å². The number of alkyl halides is 3. The second-order valence-corrected chi connectivity index (χ2v) is 5.02. The average molecular weight is 318 g/mol. The maximum Gasteiger partial charge on any atom is 0.418 e. The molecule has 1 N–H and O–H groups in total. The molecule has 0 amide bonds. The highest BCUT2D eigenvalue weighted by atomic mass is 35.5. The highest BCUT2D eigenvalue weighted by Crippen LogP contribution is 2.36. The van der Waals surface area contributed by atoms with Crippen LogP contribution in [0.5, 0.6) is 0 Å². The number of halogens is 4. The molecule has 0 aliphatic carbocycles. The zero-order valence-corrected chi connectivity index (χ0v) is 12.2. The lowest BCUT2D eigenvalue weighted by molar-refractivity contribution is -0.136. The molecule has 21 heavy (non-hydrogen) atoms. The molecule has 2 rings (SSSR count). The first-order chi connectivity index (χ1) is 9.91. The minimum absolute atomic E-state index is 0.0103. The predicted molar refractivity (Wildman–Crippen MR) is 76.3 cm³/mol. The summed E-state index contributed by atoms with van der Waals surface area (Å²) >= 11 is 5.65. The fraction of sp³-hybridized carbons (Fsp3) is 0.357. The summed E-state index contributed by atoms with van der Waals surface area (Å²) in [6.07, 6.45) is -1.90. The number of aryl methyl sites for hydroxylation is 1. The van der Waals surface area contributed by atoms with Crippen molar-refractivity contribution in [3.05, 3.63) is 46.7 Å². The van der Waals surface area contributed by atoms with E-state index in [1.165, 1.54) is 12.1 Å². The molecule has 0 unspecified atom stereocenters. The lowest BCUT2D eigenvalue weighted by Gasteiger charge is -2.15. The maximum atomic E-state index is 13.0. The summed E-state index contributed by atoms with van der Waals surface area (Å²) < 4.78 is 40.7. The van der Waals surface area contributed by atoms with Crippen LogP contribution >= 0.6 is 11.6 Å². The number of nitrogens with one attached hydrogen (secondary N) is 1. The van der Waals surface area contributed by atoms with Crippen LogP contribution in [0.2, 0.25) is 5.02 Å². The monoisotopic (exact) mass is 317 g/mol. The minimum Gasteiger partial charge on any atom is -0.379 e. The van der Waals surface area contributed by atoms with E-state index < -0.39 is 11.7 Å². The summed E-state index contributed by atoms with van der Waals surface area (Å²) in [4.78, 5) is 0. The first-order valence-electron chi connectivity index (χ1n) is 6.53. The van der Waals surface area contributed by atoms with Crippen molar-refractivity contribution in [2.45, 2.75) is 32.6 Å². The topological polar surface area (TPSA) is 29.9 Å². The third-order valence-electron chi connectivity index (χ3n) is 2.99. The summed E-state index contributed by atoms with van der Waals surface area (Å²) in [5, 5.41) is 7.00. The van der Waals surface area contributed by atoms with E-state index in [1.807, 2.05) is 6.92 Å². The Labute approximate surface area is 125 Å². The van der Waals surface area contributed by atoms with Crippen LogP contribution in [-0.2, 0) is 19.3 Å². The Morgan fingerprint density at radius 2 is 2.05 bits per heavy atom. The predicted octanol–water partition coefficient (Wildman–Crippen LogP) is 4.58. The van der Waals surface area contributed by atoms with E-state index in [9.17, 15) is 13.2 Å². The van der Waals surface area contributed by atoms with Gasteiger partial charge in [0.2, 0.25) is 0 Å². The summed E-state index contributed by atoms with van der Waals surface area (Å²) in [6, 6.07) is 5.48. The molecule has 0 aliphatic heterocycles. The van der Waals surface area contributed by atoms with E-state index in [0.29, 0.717) is 0 Å². The average Bonchev–Trinajstić information content (AvgIpc) is 2.84. The van der Waals surface area contributed by atoms with E-state index in [1.54, 1.807) is 16.9 Å². The number of benzene rings is 1. The van der Waals surface area contributed by atoms with Crippen molar-refractivity contribution in [1.82, 2.24) is 9.78 Å². The van der Waals surface area contributed by atoms with Gasteiger partial charge in [-0.2, -0.15) is 18.3 Å². The summed E-state index contributed by atoms with van der Waals surface area (Å²) in [5.41, 5.74) is 0.0765. The first kappa shape index (κ1) is 15.7. The smallest absolute Gasteiger partial charge is 0.379 e. The maximum absolute atomic E-state index is 13.0. The molecule has 0 spiro atoms. The number of hydrogen-bond donors (Lipinski definition) is 1. The number of nitrogens with zero attached hydrogens (tertiary/aromatic N) is 2. The molecule has 0 fully saturated rings. The standard InChI is InChI=1S/C14H15ClF3N3/c1-2-7-21-11(5-6-20-21)9-19-13-4-3-10(15)8-12(13)14(16,17)18/h3-6,8,19H,2,7,9H2,1H3. The van der Waals surface area contributed by atoms with Gasteiger partial charge >= 0.3 is 6.18 Å². The van der Waals surface area contributed by atoms with Gasteiger partial charge in [-0.25, -0.2) is 0 Å². The van der Waals surface area contributed by atoms with Crippen LogP contribution in [0.3, 0.4) is 0 Å². The van der Waals surface area contributed by atoms with Gasteiger partial charge in [-0.3, -0.25) is 4.68 Å². The van der Waals surface area contributed by atoms with Gasteiger partial charge < -0.3 is 5.32 Å². The van der Waals surface area contributed by atoms with E-state index >= 15 is 0 Å². The van der Waals surface area contributed by atoms with E-state index in [4.69, 9.17) is 11.6 Å². The second kappa shape index (κ2) is 6.39. The molecule has 2 aromatic rings. The SMILES string of the molecule is CCCn1nccc1CNc1ccc(Cl)cc1C(F)(F)F. The Balaban J connectivity index is 2.18. The highest BCUT2D eigenvalue weighted by Gasteiger charge is 2.33. The van der Waals surface area contributed by atoms with Crippen molar-refractivity contribution >= 4 is 17.3 Å². The van der Waals surface area contributed by atoms with Crippen LogP contribution in [0.1, 0.15) is 24.6 Å². The van der Waals surface area contributed by atoms with Crippen molar-refractivity contribution in [3.8, 4) is 0 Å². The van der Waals surface area contributed by atoms with Gasteiger partial charge in [0, 0.05) is 23.5 Å². The Hall–Kier alpha value is -1.69. The fourth-order valence-corrected chi connectivity index (χ4v) is 2.19. The quantitative estimate of drug-likeness (QED) is 0.875. The molecule has 1 heterocycles. The van der Waals surface area contributed by atoms with E-state index in [0.717, 1.165) is 24.7 Å². The second-order valence-electron chi connectivity index (χ2n) is 4.59. The number of aromatic nitrogens is 2. The summed E-state index contributed by atoms with van der Waals surface area (Å²) in [5.74, 6) is 0. The first-order valence-corrected chi connectivity index (χ1v) is 6.91. The van der Waals surface area contributed by atoms with Gasteiger partial charge in [0.1, 0.15) is 0 Å². The summed E-state index contributed by atoms with van der Waals surface area (Å²) in [7, 11) is 0. The molecule has 0 atom stereocenters. The molecule has 1 aromatic carbocycles. The van der Waals surface area contributed by atoms with Gasteiger partial charge in [0.15, 0.2) is 0 Å². The normalized spacial score (nSPS) is 11.7. The van der Waals surface area contributed by atoms with Crippen LogP contribution in [0.15, 0.2) is 30.5 Å². The van der Waals surface area contributed by atoms with Gasteiger partial charge in [-0.15, -0.1) is 0 Å². The molecule has 114 valence electrons. The van der Waals surface area contributed by atoms with E-state index in [-0.39, 0.29) is 17.3 Å². The molecule has 0 bridgehead atoms. The van der Waals surface area contributed by atoms with Crippen LogP contribution in [0.25, 0.3) is 0 Å². The molecule has 0 aliphatic rings. The molecular formula is C14H15ClF3N3. The zero-order chi connectivity index (χ0) is 15.5. The number of hydrogen-bond acceptors (Lipinski definition) is 2. The number of anilines is 1. The van der Waals surface area contributed by atoms with Crippen molar-refractivity contribution in [3.63, 3.8) is 0 Å². The Morgan fingerprint density at radius 1 is 1.29 bits per heavy atom. The van der Waals surface area contributed by atoms with Crippen LogP contribution in [-0.4, -0.2) is 9.78 Å². The molecular weight excluding hydrogens is 303 g/mol. The van der Waals surface area contributed by atoms with Crippen molar-refractivity contribution in [2.24, 2.45) is 0 Å². The minimum atomic E-state index is -4.45. The van der Waals surface area contributed by atoms with Crippen molar-refractivity contribution < 1.29 is 13.2 Å². The third-order valence-corrected chi connectivity index (χ3v) is 3.22. The van der Waals surface area contributed by atoms with Gasteiger partial charge in [-0.05, 0) is 30.7 Å². The Bertz CT molecular complexity index is 608. The van der Waals surface area contributed by atoms with Crippen LogP contribution < -0.4 is 5.32 Å². The zero-order valence-electron chi connectivity index (χ0n) is 11.4. The lowest BCUT2D eigenvalue weighted by atomic mass is 10.1. The van der Waals surface area contributed by atoms with Gasteiger partial charge in [0.25, 0.3) is 0 Å². The van der Waals surface area contributed by atoms with E-state index in [2.05, 4.69) is 10.4 Å². The van der Waals surface area contributed by atoms with Crippen LogP contribution in [0.4, 0.5) is 18.9 Å². The Kier molecular flexibility index (Phi) is 4.77. The largest absolute Gasteiger partial charge is 0.418 e. The van der Waals surface area contributed by atoms with Crippen LogP contribution in [0, 0.1) is 0 Å². The van der Waals surface area contributed by atoms with Gasteiger partial charge in [-0.1, -0.05) is 18.5 Å². The Morgan fingerprint density at radius 3 is 2.71 bits per heavy atom. The molecule has 1 aromatic heterocycles. The highest BCUT2D eigenvalue weighted by molar-refractivity contribution is 6.30. The van der Waals surface area contributed by atoms with Crippen molar-refractivity contribution in [2.75, 3.05) is 5.32 Å². The molecule has 0 saturated carbocycles. The molecule has 0 saturated heterocycles. The van der Waals surface area contributed by atoms with Gasteiger partial charge in [0.05, 0.1) is 17.8 Å². The third kappa shape index (κ3) is 3.91.